The fourth-order valence-corrected chi connectivity index (χ4v) is 3.20. The van der Waals surface area contributed by atoms with Gasteiger partial charge in [-0.05, 0) is 30.2 Å². The average molecular weight is 359 g/mol. The highest BCUT2D eigenvalue weighted by Crippen LogP contribution is 2.19. The Balaban J connectivity index is 1.74. The summed E-state index contributed by atoms with van der Waals surface area (Å²) < 4.78 is 7.16. The van der Waals surface area contributed by atoms with E-state index in [4.69, 9.17) is 4.74 Å². The molecule has 1 fully saturated rings. The second-order valence-electron chi connectivity index (χ2n) is 6.56. The SMILES string of the molecule is CCCN(C(=O)c1ccc(Cn2cccn2)cc1)[C@@H]1COC[C@@H](O)[C@H]1O. The molecule has 26 heavy (non-hydrogen) atoms. The van der Waals surface area contributed by atoms with E-state index in [1.807, 2.05) is 36.0 Å². The Labute approximate surface area is 152 Å². The Morgan fingerprint density at radius 2 is 2.08 bits per heavy atom. The summed E-state index contributed by atoms with van der Waals surface area (Å²) in [6, 6.07) is 8.71. The zero-order chi connectivity index (χ0) is 18.5. The molecule has 0 aliphatic carbocycles. The molecule has 2 aromatic rings. The lowest BCUT2D eigenvalue weighted by atomic mass is 10.0. The molecule has 2 heterocycles. The smallest absolute Gasteiger partial charge is 0.254 e. The van der Waals surface area contributed by atoms with Crippen LogP contribution in [0.3, 0.4) is 0 Å². The molecule has 3 atom stereocenters. The number of hydrogen-bond donors (Lipinski definition) is 2. The summed E-state index contributed by atoms with van der Waals surface area (Å²) in [6.07, 6.45) is 2.39. The highest BCUT2D eigenvalue weighted by atomic mass is 16.5. The van der Waals surface area contributed by atoms with E-state index >= 15 is 0 Å². The monoisotopic (exact) mass is 359 g/mol. The normalized spacial score (nSPS) is 23.0. The van der Waals surface area contributed by atoms with Gasteiger partial charge in [0.05, 0.1) is 25.8 Å². The molecule has 7 nitrogen and oxygen atoms in total. The van der Waals surface area contributed by atoms with E-state index in [9.17, 15) is 15.0 Å². The molecule has 1 aliphatic rings. The van der Waals surface area contributed by atoms with Gasteiger partial charge < -0.3 is 19.8 Å². The first-order valence-electron chi connectivity index (χ1n) is 8.91. The molecule has 0 saturated carbocycles. The molecule has 3 rings (SSSR count). The number of aliphatic hydroxyl groups excluding tert-OH is 2. The zero-order valence-electron chi connectivity index (χ0n) is 14.9. The summed E-state index contributed by atoms with van der Waals surface area (Å²) in [5, 5.41) is 24.3. The van der Waals surface area contributed by atoms with Crippen molar-refractivity contribution in [2.24, 2.45) is 0 Å². The van der Waals surface area contributed by atoms with Gasteiger partial charge in [0.2, 0.25) is 0 Å². The van der Waals surface area contributed by atoms with Crippen LogP contribution in [0.5, 0.6) is 0 Å². The molecule has 0 unspecified atom stereocenters. The number of nitrogens with zero attached hydrogens (tertiary/aromatic N) is 3. The van der Waals surface area contributed by atoms with Crippen molar-refractivity contribution >= 4 is 5.91 Å². The lowest BCUT2D eigenvalue weighted by molar-refractivity contribution is -0.125. The summed E-state index contributed by atoms with van der Waals surface area (Å²) >= 11 is 0. The number of ether oxygens (including phenoxy) is 1. The van der Waals surface area contributed by atoms with Crippen LogP contribution in [0.4, 0.5) is 0 Å². The molecule has 1 aromatic heterocycles. The van der Waals surface area contributed by atoms with Crippen LogP contribution in [-0.2, 0) is 11.3 Å². The fraction of sp³-hybridized carbons (Fsp3) is 0.474. The van der Waals surface area contributed by atoms with Crippen LogP contribution in [0.2, 0.25) is 0 Å². The van der Waals surface area contributed by atoms with Crippen molar-refractivity contribution in [2.75, 3.05) is 19.8 Å². The summed E-state index contributed by atoms with van der Waals surface area (Å²) in [6.45, 7) is 3.42. The molecule has 7 heteroatoms. The van der Waals surface area contributed by atoms with Crippen molar-refractivity contribution in [3.05, 3.63) is 53.9 Å². The van der Waals surface area contributed by atoms with Crippen LogP contribution in [0.1, 0.15) is 29.3 Å². The van der Waals surface area contributed by atoms with E-state index in [0.717, 1.165) is 12.0 Å². The predicted molar refractivity (Wildman–Crippen MR) is 95.7 cm³/mol. The minimum atomic E-state index is -1.00. The minimum Gasteiger partial charge on any atom is -0.388 e. The zero-order valence-corrected chi connectivity index (χ0v) is 14.9. The van der Waals surface area contributed by atoms with Crippen molar-refractivity contribution in [3.63, 3.8) is 0 Å². The van der Waals surface area contributed by atoms with E-state index < -0.39 is 18.2 Å². The van der Waals surface area contributed by atoms with Crippen molar-refractivity contribution in [1.82, 2.24) is 14.7 Å². The summed E-state index contributed by atoms with van der Waals surface area (Å²) in [7, 11) is 0. The molecule has 140 valence electrons. The van der Waals surface area contributed by atoms with Gasteiger partial charge in [-0.15, -0.1) is 0 Å². The highest BCUT2D eigenvalue weighted by molar-refractivity contribution is 5.94. The van der Waals surface area contributed by atoms with Gasteiger partial charge in [0, 0.05) is 24.5 Å². The number of carbonyl (C=O) groups is 1. The largest absolute Gasteiger partial charge is 0.388 e. The van der Waals surface area contributed by atoms with Crippen molar-refractivity contribution in [3.8, 4) is 0 Å². The van der Waals surface area contributed by atoms with Crippen LogP contribution >= 0.6 is 0 Å². The van der Waals surface area contributed by atoms with Crippen molar-refractivity contribution < 1.29 is 19.7 Å². The Hall–Kier alpha value is -2.22. The van der Waals surface area contributed by atoms with Crippen molar-refractivity contribution in [2.45, 2.75) is 38.1 Å². The first-order chi connectivity index (χ1) is 12.6. The minimum absolute atomic E-state index is 0.0912. The second-order valence-corrected chi connectivity index (χ2v) is 6.56. The molecule has 0 bridgehead atoms. The maximum atomic E-state index is 13.0. The number of rotatable bonds is 6. The predicted octanol–water partition coefficient (Wildman–Crippen LogP) is 0.904. The van der Waals surface area contributed by atoms with Gasteiger partial charge >= 0.3 is 0 Å². The first-order valence-corrected chi connectivity index (χ1v) is 8.91. The molecule has 0 spiro atoms. The van der Waals surface area contributed by atoms with Crippen LogP contribution in [0.25, 0.3) is 0 Å². The number of hydrogen-bond acceptors (Lipinski definition) is 5. The van der Waals surface area contributed by atoms with Gasteiger partial charge in [0.15, 0.2) is 0 Å². The van der Waals surface area contributed by atoms with Gasteiger partial charge in [0.1, 0.15) is 12.2 Å². The van der Waals surface area contributed by atoms with E-state index in [-0.39, 0.29) is 19.1 Å². The number of benzene rings is 1. The third kappa shape index (κ3) is 4.12. The summed E-state index contributed by atoms with van der Waals surface area (Å²) in [5.41, 5.74) is 1.60. The van der Waals surface area contributed by atoms with Gasteiger partial charge in [-0.2, -0.15) is 5.10 Å². The topological polar surface area (TPSA) is 87.8 Å². The highest BCUT2D eigenvalue weighted by Gasteiger charge is 2.37. The quantitative estimate of drug-likeness (QED) is 0.800. The van der Waals surface area contributed by atoms with Crippen LogP contribution in [-0.4, -0.2) is 68.8 Å². The van der Waals surface area contributed by atoms with Crippen LogP contribution in [0, 0.1) is 0 Å². The molecule has 1 aliphatic heterocycles. The molecule has 1 amide bonds. The Kier molecular flexibility index (Phi) is 6.03. The Morgan fingerprint density at radius 1 is 1.31 bits per heavy atom. The lowest BCUT2D eigenvalue weighted by Gasteiger charge is -2.39. The third-order valence-electron chi connectivity index (χ3n) is 4.60. The van der Waals surface area contributed by atoms with Gasteiger partial charge in [-0.25, -0.2) is 0 Å². The van der Waals surface area contributed by atoms with Crippen LogP contribution < -0.4 is 0 Å². The summed E-state index contributed by atoms with van der Waals surface area (Å²) in [5.74, 6) is -0.167. The molecular formula is C19H25N3O4. The number of aromatic nitrogens is 2. The first kappa shape index (κ1) is 18.6. The molecule has 0 radical (unpaired) electrons. The van der Waals surface area contributed by atoms with E-state index in [1.54, 1.807) is 23.2 Å². The van der Waals surface area contributed by atoms with E-state index in [1.165, 1.54) is 0 Å². The fourth-order valence-electron chi connectivity index (χ4n) is 3.20. The Morgan fingerprint density at radius 3 is 2.73 bits per heavy atom. The lowest BCUT2D eigenvalue weighted by Crippen LogP contribution is -2.57. The van der Waals surface area contributed by atoms with Crippen molar-refractivity contribution in [1.29, 1.82) is 0 Å². The number of amides is 1. The summed E-state index contributed by atoms with van der Waals surface area (Å²) in [4.78, 5) is 14.6. The van der Waals surface area contributed by atoms with Crippen LogP contribution in [0.15, 0.2) is 42.7 Å². The van der Waals surface area contributed by atoms with Gasteiger partial charge in [-0.1, -0.05) is 19.1 Å². The average Bonchev–Trinajstić information content (AvgIpc) is 3.15. The van der Waals surface area contributed by atoms with E-state index in [0.29, 0.717) is 18.7 Å². The molecule has 1 saturated heterocycles. The molecule has 2 N–H and O–H groups in total. The standard InChI is InChI=1S/C19H25N3O4/c1-2-9-22(16-12-26-13-17(23)18(16)24)19(25)15-6-4-14(5-7-15)11-21-10-3-8-20-21/h3-8,10,16-18,23-24H,2,9,11-13H2,1H3/t16-,17-,18+/m1/s1. The maximum Gasteiger partial charge on any atom is 0.254 e. The maximum absolute atomic E-state index is 13.0. The van der Waals surface area contributed by atoms with Gasteiger partial charge in [0.25, 0.3) is 5.91 Å². The third-order valence-corrected chi connectivity index (χ3v) is 4.60. The van der Waals surface area contributed by atoms with E-state index in [2.05, 4.69) is 5.10 Å². The number of aliphatic hydroxyl groups is 2. The second kappa shape index (κ2) is 8.44. The Bertz CT molecular complexity index is 702. The van der Waals surface area contributed by atoms with Gasteiger partial charge in [-0.3, -0.25) is 9.48 Å². The number of carbonyl (C=O) groups excluding carboxylic acids is 1. The molecule has 1 aromatic carbocycles. The molecular weight excluding hydrogens is 334 g/mol.